The summed E-state index contributed by atoms with van der Waals surface area (Å²) in [7, 11) is 41.9. The predicted octanol–water partition coefficient (Wildman–Crippen LogP) is 4.30. The number of nitrogens with zero attached hydrogens (tertiary/aromatic N) is 4. The normalized spacial score (nSPS) is 11.6. The molecule has 5 nitrogen and oxygen atoms in total. The fraction of sp³-hybridized carbons (Fsp3) is 0. The van der Waals surface area contributed by atoms with Crippen LogP contribution in [0.2, 0.25) is 0 Å². The first-order valence-electron chi connectivity index (χ1n) is 18.0. The van der Waals surface area contributed by atoms with Crippen molar-refractivity contribution in [3.63, 3.8) is 0 Å². The van der Waals surface area contributed by atoms with Crippen molar-refractivity contribution in [3.8, 4) is 51.0 Å². The van der Waals surface area contributed by atoms with Crippen LogP contribution in [0.5, 0.6) is 0 Å². The lowest BCUT2D eigenvalue weighted by Crippen LogP contribution is -2.37. The van der Waals surface area contributed by atoms with E-state index < -0.39 is 0 Å². The van der Waals surface area contributed by atoms with Gasteiger partial charge < -0.3 is 8.98 Å². The van der Waals surface area contributed by atoms with Crippen LogP contribution in [0.15, 0.2) is 138 Å². The maximum Gasteiger partial charge on any atom is 0.164 e. The summed E-state index contributed by atoms with van der Waals surface area (Å²) in [4.78, 5) is 14.5. The van der Waals surface area contributed by atoms with E-state index in [0.717, 1.165) is 44.1 Å². The van der Waals surface area contributed by atoms with E-state index in [1.54, 1.807) is 0 Å². The molecular formula is C45H22B6N4O. The number of furan rings is 1. The van der Waals surface area contributed by atoms with Crippen LogP contribution in [0.1, 0.15) is 0 Å². The van der Waals surface area contributed by atoms with Gasteiger partial charge in [-0.3, -0.25) is 0 Å². The standard InChI is InChI=1S/C45H22B6N4O/c46-34-31-32-36(48)40(55-29-19-11-10-18-27(29)28-22-26(20-21-30(28)55)23-12-4-1-5-13-23)38(50)39(51)42(32)56-41(31)37(49)33(35(34)47)45-53-43(24-14-6-2-7-15-24)52-44(54-45)25-16-8-3-9-17-25/h1-22H. The topological polar surface area (TPSA) is 56.7 Å². The zero-order valence-electron chi connectivity index (χ0n) is 29.9. The Hall–Kier alpha value is -6.46. The molecule has 3 heterocycles. The van der Waals surface area contributed by atoms with Crippen LogP contribution in [0.3, 0.4) is 0 Å². The Labute approximate surface area is 330 Å². The van der Waals surface area contributed by atoms with Crippen molar-refractivity contribution in [1.82, 2.24) is 19.5 Å². The van der Waals surface area contributed by atoms with Gasteiger partial charge in [-0.05, 0) is 34.8 Å². The first kappa shape index (κ1) is 34.1. The molecule has 12 radical (unpaired) electrons. The number of hydrogen-bond donors (Lipinski definition) is 0. The molecule has 56 heavy (non-hydrogen) atoms. The molecule has 0 spiro atoms. The summed E-state index contributed by atoms with van der Waals surface area (Å²) in [6.07, 6.45) is 0. The molecule has 0 aliphatic rings. The minimum absolute atomic E-state index is 0.156. The third-order valence-corrected chi connectivity index (χ3v) is 10.5. The SMILES string of the molecule is [B]c1c(-n2c3ccccc3c3cc(-c4ccccc4)ccc32)c([B])c2c(oc3c([B])c(-c4nc(-c5ccccc5)nc(-c5ccccc5)n4)c([B])c([B])c32)c1[B]. The van der Waals surface area contributed by atoms with Gasteiger partial charge in [0.1, 0.15) is 58.2 Å². The molecule has 0 saturated carbocycles. The van der Waals surface area contributed by atoms with E-state index in [1.165, 1.54) is 0 Å². The summed E-state index contributed by atoms with van der Waals surface area (Å²) in [5.74, 6) is 1.09. The lowest BCUT2D eigenvalue weighted by atomic mass is 9.68. The molecule has 0 fully saturated rings. The maximum atomic E-state index is 7.19. The quantitative estimate of drug-likeness (QED) is 0.252. The van der Waals surface area contributed by atoms with Gasteiger partial charge in [-0.1, -0.05) is 143 Å². The molecule has 10 rings (SSSR count). The minimum atomic E-state index is 0.156. The highest BCUT2D eigenvalue weighted by atomic mass is 16.3. The van der Waals surface area contributed by atoms with Crippen molar-refractivity contribution in [2.75, 3.05) is 0 Å². The highest BCUT2D eigenvalue weighted by Gasteiger charge is 2.26. The molecule has 0 bridgehead atoms. The van der Waals surface area contributed by atoms with Gasteiger partial charge in [0.05, 0.1) is 11.0 Å². The number of rotatable bonds is 5. The zero-order chi connectivity index (χ0) is 38.2. The molecule has 3 aromatic heterocycles. The van der Waals surface area contributed by atoms with E-state index in [-0.39, 0.29) is 44.3 Å². The fourth-order valence-corrected chi connectivity index (χ4v) is 7.79. The summed E-state index contributed by atoms with van der Waals surface area (Å²) in [5, 5.41) is 2.91. The average Bonchev–Trinajstić information content (AvgIpc) is 3.81. The van der Waals surface area contributed by atoms with Gasteiger partial charge in [0.25, 0.3) is 0 Å². The molecule has 246 valence electrons. The molecule has 0 atom stereocenters. The number of hydrogen-bond acceptors (Lipinski definition) is 4. The molecule has 7 aromatic carbocycles. The molecule has 0 saturated heterocycles. The Morgan fingerprint density at radius 1 is 0.393 bits per heavy atom. The van der Waals surface area contributed by atoms with Gasteiger partial charge in [0.2, 0.25) is 0 Å². The van der Waals surface area contributed by atoms with Gasteiger partial charge in [-0.2, -0.15) is 0 Å². The van der Waals surface area contributed by atoms with E-state index >= 15 is 0 Å². The summed E-state index contributed by atoms with van der Waals surface area (Å²) < 4.78 is 8.53. The molecule has 11 heteroatoms. The van der Waals surface area contributed by atoms with Crippen molar-refractivity contribution in [3.05, 3.63) is 133 Å². The van der Waals surface area contributed by atoms with Gasteiger partial charge >= 0.3 is 0 Å². The molecule has 0 aliphatic heterocycles. The van der Waals surface area contributed by atoms with Crippen LogP contribution in [0, 0.1) is 0 Å². The van der Waals surface area contributed by atoms with E-state index in [9.17, 15) is 0 Å². The van der Waals surface area contributed by atoms with Crippen LogP contribution in [-0.2, 0) is 0 Å². The summed E-state index contributed by atoms with van der Waals surface area (Å²) in [6.45, 7) is 0. The third kappa shape index (κ3) is 5.14. The van der Waals surface area contributed by atoms with Crippen LogP contribution in [0.25, 0.3) is 94.7 Å². The Morgan fingerprint density at radius 3 is 1.55 bits per heavy atom. The van der Waals surface area contributed by atoms with E-state index in [2.05, 4.69) is 36.4 Å². The second-order valence-corrected chi connectivity index (χ2v) is 13.7. The average molecular weight is 700 g/mol. The van der Waals surface area contributed by atoms with E-state index in [1.807, 2.05) is 102 Å². The van der Waals surface area contributed by atoms with Crippen molar-refractivity contribution in [2.45, 2.75) is 0 Å². The summed E-state index contributed by atoms with van der Waals surface area (Å²) >= 11 is 0. The van der Waals surface area contributed by atoms with Gasteiger partial charge in [0.15, 0.2) is 17.5 Å². The third-order valence-electron chi connectivity index (χ3n) is 10.5. The van der Waals surface area contributed by atoms with Gasteiger partial charge in [-0.15, -0.1) is 0 Å². The number of benzene rings is 7. The fourth-order valence-electron chi connectivity index (χ4n) is 7.79. The van der Waals surface area contributed by atoms with Gasteiger partial charge in [0, 0.05) is 43.9 Å². The maximum absolute atomic E-state index is 7.19. The first-order chi connectivity index (χ1) is 27.3. The molecule has 0 N–H and O–H groups in total. The van der Waals surface area contributed by atoms with Gasteiger partial charge in [-0.25, -0.2) is 15.0 Å². The van der Waals surface area contributed by atoms with E-state index in [4.69, 9.17) is 66.4 Å². The summed E-state index contributed by atoms with van der Waals surface area (Å²) in [6, 6.07) is 43.9. The first-order valence-corrected chi connectivity index (χ1v) is 18.0. The largest absolute Gasteiger partial charge is 0.457 e. The Kier molecular flexibility index (Phi) is 7.96. The molecular weight excluding hydrogens is 677 g/mol. The smallest absolute Gasteiger partial charge is 0.164 e. The lowest BCUT2D eigenvalue weighted by molar-refractivity contribution is 0.674. The predicted molar refractivity (Wildman–Crippen MR) is 236 cm³/mol. The molecule has 0 aliphatic carbocycles. The van der Waals surface area contributed by atoms with Crippen LogP contribution >= 0.6 is 0 Å². The molecule has 10 aromatic rings. The van der Waals surface area contributed by atoms with Crippen molar-refractivity contribution < 1.29 is 4.42 Å². The van der Waals surface area contributed by atoms with Crippen molar-refractivity contribution in [2.24, 2.45) is 0 Å². The molecule has 0 amide bonds. The molecule has 0 unspecified atom stereocenters. The summed E-state index contributed by atoms with van der Waals surface area (Å²) in [5.41, 5.74) is 8.04. The zero-order valence-corrected chi connectivity index (χ0v) is 29.9. The Balaban J connectivity index is 1.23. The van der Waals surface area contributed by atoms with Crippen LogP contribution < -0.4 is 32.8 Å². The second kappa shape index (κ2) is 13.1. The highest BCUT2D eigenvalue weighted by Crippen LogP contribution is 2.35. The number of para-hydroxylation sites is 1. The lowest BCUT2D eigenvalue weighted by Gasteiger charge is -2.20. The van der Waals surface area contributed by atoms with Crippen LogP contribution in [0.4, 0.5) is 0 Å². The Bertz CT molecular complexity index is 3140. The number of aromatic nitrogens is 4. The second-order valence-electron chi connectivity index (χ2n) is 13.7. The highest BCUT2D eigenvalue weighted by molar-refractivity contribution is 6.64. The van der Waals surface area contributed by atoms with Crippen molar-refractivity contribution >= 4 is 124 Å². The minimum Gasteiger partial charge on any atom is -0.457 e. The Morgan fingerprint density at radius 2 is 0.911 bits per heavy atom. The number of fused-ring (bicyclic) bond motifs is 6. The monoisotopic (exact) mass is 700 g/mol. The van der Waals surface area contributed by atoms with Crippen LogP contribution in [-0.4, -0.2) is 66.6 Å². The van der Waals surface area contributed by atoms with Crippen molar-refractivity contribution in [1.29, 1.82) is 0 Å². The van der Waals surface area contributed by atoms with E-state index in [0.29, 0.717) is 39.1 Å².